The fourth-order valence-electron chi connectivity index (χ4n) is 1.76. The van der Waals surface area contributed by atoms with Gasteiger partial charge in [-0.3, -0.25) is 0 Å². The maximum atomic E-state index is 6.16. The molecule has 2 rings (SSSR count). The highest BCUT2D eigenvalue weighted by Gasteiger charge is 2.16. The van der Waals surface area contributed by atoms with Crippen molar-refractivity contribution in [3.8, 4) is 17.0 Å². The van der Waals surface area contributed by atoms with Crippen LogP contribution in [0.4, 0.5) is 6.01 Å². The van der Waals surface area contributed by atoms with Crippen molar-refractivity contribution in [2.75, 3.05) is 19.5 Å². The Labute approximate surface area is 111 Å². The van der Waals surface area contributed by atoms with Gasteiger partial charge in [-0.2, -0.15) is 4.98 Å². The number of nitrogens with zero attached hydrogens (tertiary/aromatic N) is 1. The lowest BCUT2D eigenvalue weighted by Gasteiger charge is -2.09. The molecule has 96 valence electrons. The van der Waals surface area contributed by atoms with E-state index >= 15 is 0 Å². The van der Waals surface area contributed by atoms with Gasteiger partial charge in [0.2, 0.25) is 0 Å². The molecule has 1 aromatic carbocycles. The van der Waals surface area contributed by atoms with Gasteiger partial charge in [-0.05, 0) is 31.5 Å². The number of hydrogen-bond acceptors (Lipinski definition) is 4. The first kappa shape index (κ1) is 12.8. The molecule has 0 unspecified atom stereocenters. The van der Waals surface area contributed by atoms with E-state index in [-0.39, 0.29) is 0 Å². The van der Waals surface area contributed by atoms with Gasteiger partial charge < -0.3 is 14.5 Å². The van der Waals surface area contributed by atoms with E-state index in [0.29, 0.717) is 11.0 Å². The molecule has 18 heavy (non-hydrogen) atoms. The summed E-state index contributed by atoms with van der Waals surface area (Å²) < 4.78 is 10.8. The van der Waals surface area contributed by atoms with Crippen LogP contribution in [-0.2, 0) is 0 Å². The highest BCUT2D eigenvalue weighted by atomic mass is 35.5. The van der Waals surface area contributed by atoms with Gasteiger partial charge in [0.15, 0.2) is 0 Å². The van der Waals surface area contributed by atoms with Gasteiger partial charge in [0.05, 0.1) is 7.11 Å². The number of anilines is 1. The number of benzene rings is 1. The number of aromatic nitrogens is 1. The van der Waals surface area contributed by atoms with Crippen molar-refractivity contribution in [3.05, 3.63) is 28.5 Å². The van der Waals surface area contributed by atoms with Gasteiger partial charge in [-0.1, -0.05) is 11.6 Å². The second-order valence-electron chi connectivity index (χ2n) is 3.98. The average molecular weight is 267 g/mol. The Kier molecular flexibility index (Phi) is 3.48. The van der Waals surface area contributed by atoms with Crippen molar-refractivity contribution >= 4 is 17.6 Å². The highest BCUT2D eigenvalue weighted by molar-refractivity contribution is 6.31. The second kappa shape index (κ2) is 4.90. The minimum Gasteiger partial charge on any atom is -0.496 e. The molecule has 0 bridgehead atoms. The van der Waals surface area contributed by atoms with Crippen LogP contribution in [0, 0.1) is 13.8 Å². The van der Waals surface area contributed by atoms with Crippen molar-refractivity contribution in [3.63, 3.8) is 0 Å². The summed E-state index contributed by atoms with van der Waals surface area (Å²) in [5.74, 6) is 1.45. The lowest BCUT2D eigenvalue weighted by atomic mass is 10.1. The van der Waals surface area contributed by atoms with Crippen molar-refractivity contribution in [2.45, 2.75) is 13.8 Å². The third-order valence-corrected chi connectivity index (χ3v) is 3.15. The molecule has 0 aliphatic rings. The average Bonchev–Trinajstić information content (AvgIpc) is 2.73. The fourth-order valence-corrected chi connectivity index (χ4v) is 1.93. The summed E-state index contributed by atoms with van der Waals surface area (Å²) in [6, 6.07) is 4.21. The van der Waals surface area contributed by atoms with Gasteiger partial charge in [0, 0.05) is 17.6 Å². The third kappa shape index (κ3) is 2.16. The number of ether oxygens (including phenoxy) is 1. The molecule has 2 aromatic rings. The summed E-state index contributed by atoms with van der Waals surface area (Å²) in [6.07, 6.45) is 0. The summed E-state index contributed by atoms with van der Waals surface area (Å²) in [5, 5.41) is 3.55. The molecule has 4 nitrogen and oxygen atoms in total. The monoisotopic (exact) mass is 266 g/mol. The number of oxazole rings is 1. The van der Waals surface area contributed by atoms with Crippen molar-refractivity contribution in [1.29, 1.82) is 0 Å². The SMILES string of the molecule is CNc1nc(-c2cc(Cl)c(C)cc2OC)c(C)o1. The molecular formula is C13H15ClN2O2. The van der Waals surface area contributed by atoms with Gasteiger partial charge >= 0.3 is 0 Å². The Morgan fingerprint density at radius 2 is 2.06 bits per heavy atom. The number of hydrogen-bond donors (Lipinski definition) is 1. The number of methoxy groups -OCH3 is 1. The van der Waals surface area contributed by atoms with E-state index in [9.17, 15) is 0 Å². The van der Waals surface area contributed by atoms with Crippen LogP contribution in [0.15, 0.2) is 16.5 Å². The highest BCUT2D eigenvalue weighted by Crippen LogP contribution is 2.36. The van der Waals surface area contributed by atoms with E-state index in [2.05, 4.69) is 10.3 Å². The standard InChI is InChI=1S/C13H15ClN2O2/c1-7-5-11(17-4)9(6-10(7)14)12-8(2)18-13(15-3)16-12/h5-6H,1-4H3,(H,15,16). The quantitative estimate of drug-likeness (QED) is 0.921. The molecule has 0 amide bonds. The lowest BCUT2D eigenvalue weighted by Crippen LogP contribution is -1.92. The van der Waals surface area contributed by atoms with Crippen molar-refractivity contribution < 1.29 is 9.15 Å². The molecule has 0 spiro atoms. The van der Waals surface area contributed by atoms with E-state index in [4.69, 9.17) is 20.8 Å². The van der Waals surface area contributed by atoms with E-state index in [1.54, 1.807) is 14.2 Å². The molecule has 5 heteroatoms. The molecule has 1 heterocycles. The summed E-state index contributed by atoms with van der Waals surface area (Å²) in [5.41, 5.74) is 2.53. The normalized spacial score (nSPS) is 10.5. The maximum absolute atomic E-state index is 6.16. The Hall–Kier alpha value is -1.68. The van der Waals surface area contributed by atoms with Gasteiger partial charge in [0.1, 0.15) is 17.2 Å². The first-order valence-electron chi connectivity index (χ1n) is 5.56. The molecule has 0 aliphatic heterocycles. The second-order valence-corrected chi connectivity index (χ2v) is 4.38. The van der Waals surface area contributed by atoms with Crippen LogP contribution in [0.25, 0.3) is 11.3 Å². The Bertz CT molecular complexity index is 579. The summed E-state index contributed by atoms with van der Waals surface area (Å²) in [7, 11) is 3.38. The largest absolute Gasteiger partial charge is 0.496 e. The number of aryl methyl sites for hydroxylation is 2. The van der Waals surface area contributed by atoms with E-state index < -0.39 is 0 Å². The zero-order valence-electron chi connectivity index (χ0n) is 10.8. The molecule has 1 aromatic heterocycles. The van der Waals surface area contributed by atoms with E-state index in [1.165, 1.54) is 0 Å². The molecular weight excluding hydrogens is 252 g/mol. The van der Waals surface area contributed by atoms with Crippen LogP contribution in [0.2, 0.25) is 5.02 Å². The zero-order valence-corrected chi connectivity index (χ0v) is 11.6. The number of halogens is 1. The molecule has 0 saturated heterocycles. The van der Waals surface area contributed by atoms with Crippen LogP contribution >= 0.6 is 11.6 Å². The molecule has 0 fully saturated rings. The summed E-state index contributed by atoms with van der Waals surface area (Å²) in [6.45, 7) is 3.79. The summed E-state index contributed by atoms with van der Waals surface area (Å²) in [4.78, 5) is 4.36. The topological polar surface area (TPSA) is 47.3 Å². The third-order valence-electron chi connectivity index (χ3n) is 2.75. The van der Waals surface area contributed by atoms with Crippen LogP contribution < -0.4 is 10.1 Å². The van der Waals surface area contributed by atoms with Crippen molar-refractivity contribution in [2.24, 2.45) is 0 Å². The number of rotatable bonds is 3. The van der Waals surface area contributed by atoms with Crippen LogP contribution in [0.1, 0.15) is 11.3 Å². The smallest absolute Gasteiger partial charge is 0.295 e. The number of nitrogens with one attached hydrogen (secondary N) is 1. The lowest BCUT2D eigenvalue weighted by molar-refractivity contribution is 0.416. The van der Waals surface area contributed by atoms with Gasteiger partial charge in [-0.15, -0.1) is 0 Å². The van der Waals surface area contributed by atoms with Crippen LogP contribution in [0.3, 0.4) is 0 Å². The first-order valence-corrected chi connectivity index (χ1v) is 5.94. The molecule has 0 atom stereocenters. The Morgan fingerprint density at radius 1 is 1.33 bits per heavy atom. The predicted molar refractivity (Wildman–Crippen MR) is 72.5 cm³/mol. The maximum Gasteiger partial charge on any atom is 0.295 e. The molecule has 1 N–H and O–H groups in total. The van der Waals surface area contributed by atoms with E-state index in [0.717, 1.165) is 28.3 Å². The van der Waals surface area contributed by atoms with Crippen LogP contribution in [-0.4, -0.2) is 19.1 Å². The van der Waals surface area contributed by atoms with Crippen molar-refractivity contribution in [1.82, 2.24) is 4.98 Å². The van der Waals surface area contributed by atoms with Gasteiger partial charge in [-0.25, -0.2) is 0 Å². The fraction of sp³-hybridized carbons (Fsp3) is 0.308. The molecule has 0 radical (unpaired) electrons. The van der Waals surface area contributed by atoms with Crippen LogP contribution in [0.5, 0.6) is 5.75 Å². The first-order chi connectivity index (χ1) is 8.56. The Balaban J connectivity index is 2.61. The predicted octanol–water partition coefficient (Wildman–Crippen LogP) is 3.66. The Morgan fingerprint density at radius 3 is 2.61 bits per heavy atom. The minimum atomic E-state index is 0.473. The minimum absolute atomic E-state index is 0.473. The summed E-state index contributed by atoms with van der Waals surface area (Å²) >= 11 is 6.16. The zero-order chi connectivity index (χ0) is 13.3. The van der Waals surface area contributed by atoms with Gasteiger partial charge in [0.25, 0.3) is 6.01 Å². The molecule has 0 saturated carbocycles. The molecule has 0 aliphatic carbocycles. The van der Waals surface area contributed by atoms with E-state index in [1.807, 2.05) is 26.0 Å².